The Hall–Kier alpha value is -2.37. The van der Waals surface area contributed by atoms with E-state index in [0.717, 1.165) is 61.0 Å². The number of unbranched alkanes of at least 4 members (excludes halogenated alkanes) is 3. The Labute approximate surface area is 241 Å². The summed E-state index contributed by atoms with van der Waals surface area (Å²) in [4.78, 5) is 4.97. The van der Waals surface area contributed by atoms with Gasteiger partial charge in [-0.05, 0) is 99.0 Å². The molecule has 3 aromatic rings. The van der Waals surface area contributed by atoms with Crippen molar-refractivity contribution in [3.8, 4) is 22.1 Å². The molecule has 1 aromatic heterocycles. The molecule has 5 heteroatoms. The quantitative estimate of drug-likeness (QED) is 0.151. The highest BCUT2D eigenvalue weighted by Crippen LogP contribution is 2.37. The highest BCUT2D eigenvalue weighted by Gasteiger charge is 2.17. The molecule has 0 bridgehead atoms. The molecule has 0 saturated carbocycles. The summed E-state index contributed by atoms with van der Waals surface area (Å²) < 4.78 is 12.1. The summed E-state index contributed by atoms with van der Waals surface area (Å²) in [6.45, 7) is 14.6. The average Bonchev–Trinajstić information content (AvgIpc) is 3.41. The lowest BCUT2D eigenvalue weighted by molar-refractivity contribution is 0.320. The Morgan fingerprint density at radius 2 is 1.64 bits per heavy atom. The van der Waals surface area contributed by atoms with Crippen LogP contribution in [0.2, 0.25) is 0 Å². The van der Waals surface area contributed by atoms with Crippen molar-refractivity contribution in [3.63, 3.8) is 0 Å². The van der Waals surface area contributed by atoms with Gasteiger partial charge in [-0.2, -0.15) is 0 Å². The minimum atomic E-state index is 0.402. The van der Waals surface area contributed by atoms with Crippen molar-refractivity contribution in [1.29, 1.82) is 0 Å². The second-order valence-electron chi connectivity index (χ2n) is 10.7. The molecule has 0 aliphatic carbocycles. The first-order chi connectivity index (χ1) is 19.0. The van der Waals surface area contributed by atoms with E-state index >= 15 is 0 Å². The van der Waals surface area contributed by atoms with Gasteiger partial charge in [-0.25, -0.2) is 4.98 Å². The standard InChI is InChI=1S/C34H50N2O2S/c1-6-13-28-23-29(24-32(26(4)5)33(28)37-8-3)34-36-30(25-39-34)19-22-38-31-17-15-27(16-18-31)14-11-9-10-12-21-35-20-7-2/h15-18,23-26,35H,6-14,19-22H2,1-5H3. The van der Waals surface area contributed by atoms with Crippen LogP contribution >= 0.6 is 11.3 Å². The Balaban J connectivity index is 1.48. The van der Waals surface area contributed by atoms with Crippen molar-refractivity contribution < 1.29 is 9.47 Å². The fourth-order valence-electron chi connectivity index (χ4n) is 4.86. The molecule has 0 spiro atoms. The van der Waals surface area contributed by atoms with E-state index in [4.69, 9.17) is 14.5 Å². The van der Waals surface area contributed by atoms with Gasteiger partial charge in [0.25, 0.3) is 0 Å². The highest BCUT2D eigenvalue weighted by atomic mass is 32.1. The number of thiazole rings is 1. The van der Waals surface area contributed by atoms with Gasteiger partial charge in [0.1, 0.15) is 16.5 Å². The van der Waals surface area contributed by atoms with Crippen molar-refractivity contribution in [2.24, 2.45) is 0 Å². The Bertz CT molecular complexity index is 1090. The summed E-state index contributed by atoms with van der Waals surface area (Å²) in [5.74, 6) is 2.41. The minimum Gasteiger partial charge on any atom is -0.493 e. The highest BCUT2D eigenvalue weighted by molar-refractivity contribution is 7.13. The molecule has 3 rings (SSSR count). The summed E-state index contributed by atoms with van der Waals surface area (Å²) in [5.41, 5.74) is 6.26. The molecule has 0 aliphatic heterocycles. The lowest BCUT2D eigenvalue weighted by Gasteiger charge is -2.19. The molecule has 2 aromatic carbocycles. The third-order valence-electron chi connectivity index (χ3n) is 6.97. The van der Waals surface area contributed by atoms with E-state index in [2.05, 4.69) is 81.7 Å². The maximum Gasteiger partial charge on any atom is 0.125 e. The predicted molar refractivity (Wildman–Crippen MR) is 168 cm³/mol. The number of hydrogen-bond donors (Lipinski definition) is 1. The van der Waals surface area contributed by atoms with Crippen LogP contribution in [0.25, 0.3) is 10.6 Å². The normalized spacial score (nSPS) is 11.3. The van der Waals surface area contributed by atoms with Crippen LogP contribution in [0.1, 0.15) is 101 Å². The van der Waals surface area contributed by atoms with Crippen molar-refractivity contribution in [2.45, 2.75) is 98.3 Å². The molecule has 0 aliphatic rings. The minimum absolute atomic E-state index is 0.402. The molecule has 0 saturated heterocycles. The SMILES string of the molecule is CCCNCCCCCCc1ccc(OCCc2csc(-c3cc(CCC)c(OCC)c(C(C)C)c3)n2)cc1. The van der Waals surface area contributed by atoms with Gasteiger partial charge in [-0.15, -0.1) is 11.3 Å². The first kappa shape index (κ1) is 31.2. The number of nitrogens with one attached hydrogen (secondary N) is 1. The van der Waals surface area contributed by atoms with Crippen LogP contribution in [0.15, 0.2) is 41.8 Å². The van der Waals surface area contributed by atoms with Gasteiger partial charge in [0.2, 0.25) is 0 Å². The summed E-state index contributed by atoms with van der Waals surface area (Å²) in [6, 6.07) is 13.2. The van der Waals surface area contributed by atoms with E-state index in [1.54, 1.807) is 11.3 Å². The maximum atomic E-state index is 6.09. The summed E-state index contributed by atoms with van der Waals surface area (Å²) >= 11 is 1.72. The van der Waals surface area contributed by atoms with Crippen molar-refractivity contribution in [2.75, 3.05) is 26.3 Å². The summed E-state index contributed by atoms with van der Waals surface area (Å²) in [5, 5.41) is 6.73. The Morgan fingerprint density at radius 3 is 2.36 bits per heavy atom. The molecule has 1 heterocycles. The predicted octanol–water partition coefficient (Wildman–Crippen LogP) is 9.01. The van der Waals surface area contributed by atoms with Gasteiger partial charge in [0, 0.05) is 17.4 Å². The molecule has 0 unspecified atom stereocenters. The van der Waals surface area contributed by atoms with Gasteiger partial charge < -0.3 is 14.8 Å². The number of aryl methyl sites for hydroxylation is 2. The fourth-order valence-corrected chi connectivity index (χ4v) is 5.70. The molecule has 0 amide bonds. The van der Waals surface area contributed by atoms with E-state index in [-0.39, 0.29) is 0 Å². The third kappa shape index (κ3) is 10.3. The molecule has 214 valence electrons. The van der Waals surface area contributed by atoms with Crippen LogP contribution < -0.4 is 14.8 Å². The fraction of sp³-hybridized carbons (Fsp3) is 0.559. The van der Waals surface area contributed by atoms with E-state index in [1.165, 1.54) is 54.4 Å². The Morgan fingerprint density at radius 1 is 0.846 bits per heavy atom. The van der Waals surface area contributed by atoms with Crippen LogP contribution in [0.4, 0.5) is 0 Å². The molecule has 0 radical (unpaired) electrons. The summed E-state index contributed by atoms with van der Waals surface area (Å²) in [7, 11) is 0. The van der Waals surface area contributed by atoms with Gasteiger partial charge in [0.15, 0.2) is 0 Å². The largest absolute Gasteiger partial charge is 0.493 e. The topological polar surface area (TPSA) is 43.4 Å². The van der Waals surface area contributed by atoms with Gasteiger partial charge in [0.05, 0.1) is 18.9 Å². The number of benzene rings is 2. The second-order valence-corrected chi connectivity index (χ2v) is 11.6. The smallest absolute Gasteiger partial charge is 0.125 e. The summed E-state index contributed by atoms with van der Waals surface area (Å²) in [6.07, 6.45) is 10.4. The van der Waals surface area contributed by atoms with E-state index in [9.17, 15) is 0 Å². The zero-order chi connectivity index (χ0) is 27.9. The monoisotopic (exact) mass is 550 g/mol. The average molecular weight is 551 g/mol. The zero-order valence-corrected chi connectivity index (χ0v) is 25.8. The second kappa shape index (κ2) is 17.3. The lowest BCUT2D eigenvalue weighted by Crippen LogP contribution is -2.15. The third-order valence-corrected chi connectivity index (χ3v) is 7.91. The van der Waals surface area contributed by atoms with Crippen molar-refractivity contribution in [1.82, 2.24) is 10.3 Å². The molecular weight excluding hydrogens is 500 g/mol. The van der Waals surface area contributed by atoms with Crippen LogP contribution in [-0.2, 0) is 19.3 Å². The van der Waals surface area contributed by atoms with E-state index in [1.807, 2.05) is 0 Å². The first-order valence-corrected chi connectivity index (χ1v) is 16.1. The Kier molecular flexibility index (Phi) is 13.9. The van der Waals surface area contributed by atoms with Gasteiger partial charge in [-0.3, -0.25) is 0 Å². The van der Waals surface area contributed by atoms with E-state index in [0.29, 0.717) is 19.1 Å². The number of ether oxygens (including phenoxy) is 2. The van der Waals surface area contributed by atoms with Crippen LogP contribution in [0.5, 0.6) is 11.5 Å². The van der Waals surface area contributed by atoms with Crippen molar-refractivity contribution >= 4 is 11.3 Å². The van der Waals surface area contributed by atoms with Crippen LogP contribution in [0.3, 0.4) is 0 Å². The first-order valence-electron chi connectivity index (χ1n) is 15.2. The number of rotatable bonds is 19. The lowest BCUT2D eigenvalue weighted by atomic mass is 9.94. The molecule has 0 fully saturated rings. The van der Waals surface area contributed by atoms with Crippen LogP contribution in [0, 0.1) is 0 Å². The number of nitrogens with zero attached hydrogens (tertiary/aromatic N) is 1. The molecule has 4 nitrogen and oxygen atoms in total. The molecule has 1 N–H and O–H groups in total. The zero-order valence-electron chi connectivity index (χ0n) is 25.0. The van der Waals surface area contributed by atoms with Crippen LogP contribution in [-0.4, -0.2) is 31.3 Å². The molecule has 0 atom stereocenters. The molecule has 39 heavy (non-hydrogen) atoms. The maximum absolute atomic E-state index is 6.09. The van der Waals surface area contributed by atoms with Gasteiger partial charge >= 0.3 is 0 Å². The number of aromatic nitrogens is 1. The van der Waals surface area contributed by atoms with Gasteiger partial charge in [-0.1, -0.05) is 59.1 Å². The van der Waals surface area contributed by atoms with Crippen molar-refractivity contribution in [3.05, 3.63) is 64.2 Å². The van der Waals surface area contributed by atoms with E-state index < -0.39 is 0 Å². The number of hydrogen-bond acceptors (Lipinski definition) is 5. The molecular formula is C34H50N2O2S.